The van der Waals surface area contributed by atoms with E-state index in [9.17, 15) is 31.5 Å². The molecule has 34 heavy (non-hydrogen) atoms. The minimum absolute atomic E-state index is 0.00752. The van der Waals surface area contributed by atoms with Crippen LogP contribution in [0.4, 0.5) is 22.0 Å². The van der Waals surface area contributed by atoms with Gasteiger partial charge in [0.2, 0.25) is 0 Å². The largest absolute Gasteiger partial charge is 0.417 e. The molecule has 0 saturated heterocycles. The summed E-state index contributed by atoms with van der Waals surface area (Å²) >= 11 is 0. The maximum absolute atomic E-state index is 14.1. The second kappa shape index (κ2) is 7.66. The number of alkyl halides is 3. The fourth-order valence-electron chi connectivity index (χ4n) is 4.28. The van der Waals surface area contributed by atoms with Gasteiger partial charge in [0.1, 0.15) is 0 Å². The van der Waals surface area contributed by atoms with E-state index in [0.717, 1.165) is 24.4 Å². The second-order valence-corrected chi connectivity index (χ2v) is 8.08. The van der Waals surface area contributed by atoms with Gasteiger partial charge in [-0.05, 0) is 35.7 Å². The first-order valence-electron chi connectivity index (χ1n) is 10.1. The first kappa shape index (κ1) is 22.1. The molecular weight excluding hydrogens is 461 g/mol. The van der Waals surface area contributed by atoms with Crippen LogP contribution in [0.2, 0.25) is 0 Å². The molecule has 0 radical (unpaired) electrons. The number of nitrogens with zero attached hydrogens (tertiary/aromatic N) is 2. The van der Waals surface area contributed by atoms with Crippen molar-refractivity contribution < 1.29 is 31.5 Å². The number of carbonyl (C=O) groups excluding carboxylic acids is 1. The van der Waals surface area contributed by atoms with E-state index in [4.69, 9.17) is 4.74 Å². The highest BCUT2D eigenvalue weighted by atomic mass is 19.4. The molecule has 0 unspecified atom stereocenters. The molecule has 1 N–H and O–H groups in total. The molecule has 176 valence electrons. The number of hydrogen-bond acceptors (Lipinski definition) is 3. The van der Waals surface area contributed by atoms with Crippen LogP contribution in [-0.2, 0) is 17.5 Å². The molecule has 0 bridgehead atoms. The van der Waals surface area contributed by atoms with E-state index in [-0.39, 0.29) is 35.1 Å². The molecule has 4 aromatic rings. The molecule has 1 atom stereocenters. The van der Waals surface area contributed by atoms with Gasteiger partial charge in [-0.25, -0.2) is 8.78 Å². The summed E-state index contributed by atoms with van der Waals surface area (Å²) in [4.78, 5) is 29.5. The van der Waals surface area contributed by atoms with Crippen LogP contribution in [0.1, 0.15) is 33.2 Å². The summed E-state index contributed by atoms with van der Waals surface area (Å²) in [6.45, 7) is 0.0208. The molecule has 11 heteroatoms. The predicted octanol–water partition coefficient (Wildman–Crippen LogP) is 4.42. The molecule has 4 heterocycles. The molecular formula is C23H16F5N3O3. The van der Waals surface area contributed by atoms with Gasteiger partial charge >= 0.3 is 6.18 Å². The molecule has 0 fully saturated rings. The van der Waals surface area contributed by atoms with Crippen LogP contribution in [0, 0.1) is 11.6 Å². The molecule has 1 aliphatic rings. The summed E-state index contributed by atoms with van der Waals surface area (Å²) in [5.74, 6) is -2.85. The van der Waals surface area contributed by atoms with Crippen molar-refractivity contribution in [2.45, 2.75) is 18.8 Å². The van der Waals surface area contributed by atoms with Gasteiger partial charge in [0.15, 0.2) is 11.6 Å². The van der Waals surface area contributed by atoms with E-state index in [1.165, 1.54) is 34.7 Å². The normalized spacial score (nSPS) is 16.1. The Morgan fingerprint density at radius 1 is 1.12 bits per heavy atom. The fraction of sp³-hybridized carbons (Fsp3) is 0.217. The third-order valence-corrected chi connectivity index (χ3v) is 5.99. The van der Waals surface area contributed by atoms with Gasteiger partial charge in [-0.15, -0.1) is 0 Å². The fourth-order valence-corrected chi connectivity index (χ4v) is 4.28. The van der Waals surface area contributed by atoms with Crippen molar-refractivity contribution in [1.29, 1.82) is 0 Å². The number of carbonyl (C=O) groups is 1. The first-order chi connectivity index (χ1) is 16.0. The van der Waals surface area contributed by atoms with E-state index in [1.807, 2.05) is 0 Å². The zero-order valence-corrected chi connectivity index (χ0v) is 17.5. The lowest BCUT2D eigenvalue weighted by Crippen LogP contribution is -2.37. The van der Waals surface area contributed by atoms with Crippen molar-refractivity contribution in [3.63, 3.8) is 0 Å². The highest BCUT2D eigenvalue weighted by Gasteiger charge is 2.33. The Hall–Kier alpha value is -3.73. The molecule has 1 aromatic carbocycles. The van der Waals surface area contributed by atoms with E-state index in [1.54, 1.807) is 0 Å². The number of pyridine rings is 2. The number of nitrogens with one attached hydrogen (secondary N) is 1. The smallest absolute Gasteiger partial charge is 0.373 e. The lowest BCUT2D eigenvalue weighted by atomic mass is 9.95. The number of fused-ring (bicyclic) bond motifs is 4. The Morgan fingerprint density at radius 3 is 2.53 bits per heavy atom. The van der Waals surface area contributed by atoms with Crippen molar-refractivity contribution in [1.82, 2.24) is 14.3 Å². The van der Waals surface area contributed by atoms with Gasteiger partial charge in [0.05, 0.1) is 35.8 Å². The number of hydrogen-bond donors (Lipinski definition) is 1. The maximum Gasteiger partial charge on any atom is 0.417 e. The number of halogens is 5. The summed E-state index contributed by atoms with van der Waals surface area (Å²) in [6.07, 6.45) is -2.35. The number of aromatic amines is 1. The van der Waals surface area contributed by atoms with Crippen molar-refractivity contribution in [2.24, 2.45) is 0 Å². The van der Waals surface area contributed by atoms with E-state index in [2.05, 4.69) is 4.98 Å². The SMILES string of the molecule is CN(C(=O)c1ccc2cc(C(F)(F)F)cn2c1)[C@@H]1COCc2[nH]c(=O)c3cc(F)c(F)cc3c21. The minimum Gasteiger partial charge on any atom is -0.373 e. The van der Waals surface area contributed by atoms with Crippen molar-refractivity contribution >= 4 is 22.2 Å². The van der Waals surface area contributed by atoms with Crippen LogP contribution in [0.5, 0.6) is 0 Å². The molecule has 1 amide bonds. The Labute approximate surface area is 188 Å². The topological polar surface area (TPSA) is 66.8 Å². The van der Waals surface area contributed by atoms with E-state index >= 15 is 0 Å². The Kier molecular flexibility index (Phi) is 4.97. The summed E-state index contributed by atoms with van der Waals surface area (Å²) < 4.78 is 73.7. The van der Waals surface area contributed by atoms with Crippen LogP contribution in [0.15, 0.2) is 47.5 Å². The number of ether oxygens (including phenoxy) is 1. The van der Waals surface area contributed by atoms with E-state index in [0.29, 0.717) is 11.3 Å². The standard InChI is InChI=1S/C23H16F5N3O3/c1-30(22(33)11-2-3-13-4-12(23(26,27)28)8-31(13)7-11)19-10-34-9-18-20(19)14-5-16(24)17(25)6-15(14)21(32)29-18/h2-8,19H,9-10H2,1H3,(H,29,32)/t19-/m1/s1. The quantitative estimate of drug-likeness (QED) is 0.435. The molecule has 3 aromatic heterocycles. The van der Waals surface area contributed by atoms with Gasteiger partial charge in [-0.1, -0.05) is 0 Å². The third-order valence-electron chi connectivity index (χ3n) is 5.99. The van der Waals surface area contributed by atoms with Gasteiger partial charge in [-0.3, -0.25) is 9.59 Å². The van der Waals surface area contributed by atoms with Gasteiger partial charge in [-0.2, -0.15) is 13.2 Å². The van der Waals surface area contributed by atoms with Crippen LogP contribution < -0.4 is 5.56 Å². The monoisotopic (exact) mass is 477 g/mol. The van der Waals surface area contributed by atoms with Gasteiger partial charge in [0, 0.05) is 36.2 Å². The number of rotatable bonds is 2. The molecule has 6 nitrogen and oxygen atoms in total. The molecule has 0 aliphatic carbocycles. The average Bonchev–Trinajstić information content (AvgIpc) is 3.23. The Balaban J connectivity index is 1.57. The Morgan fingerprint density at radius 2 is 1.82 bits per heavy atom. The van der Waals surface area contributed by atoms with Crippen molar-refractivity contribution in [3.05, 3.63) is 87.1 Å². The predicted molar refractivity (Wildman–Crippen MR) is 111 cm³/mol. The molecule has 1 aliphatic heterocycles. The zero-order valence-electron chi connectivity index (χ0n) is 17.5. The summed E-state index contributed by atoms with van der Waals surface area (Å²) in [5.41, 5.74) is -0.349. The number of amides is 1. The summed E-state index contributed by atoms with van der Waals surface area (Å²) in [5, 5.41) is 0.0834. The highest BCUT2D eigenvalue weighted by Crippen LogP contribution is 2.35. The van der Waals surface area contributed by atoms with E-state index < -0.39 is 40.9 Å². The van der Waals surface area contributed by atoms with Crippen LogP contribution >= 0.6 is 0 Å². The molecule has 0 spiro atoms. The summed E-state index contributed by atoms with van der Waals surface area (Å²) in [7, 11) is 1.46. The number of aromatic nitrogens is 2. The lowest BCUT2D eigenvalue weighted by molar-refractivity contribution is -0.137. The summed E-state index contributed by atoms with van der Waals surface area (Å²) in [6, 6.07) is 4.72. The van der Waals surface area contributed by atoms with Crippen molar-refractivity contribution in [3.8, 4) is 0 Å². The molecule has 0 saturated carbocycles. The van der Waals surface area contributed by atoms with Gasteiger partial charge < -0.3 is 19.0 Å². The highest BCUT2D eigenvalue weighted by molar-refractivity contribution is 5.95. The third kappa shape index (κ3) is 3.52. The van der Waals surface area contributed by atoms with Crippen LogP contribution in [0.25, 0.3) is 16.3 Å². The number of H-pyrrole nitrogens is 1. The lowest BCUT2D eigenvalue weighted by Gasteiger charge is -2.34. The Bertz CT molecular complexity index is 1520. The van der Waals surface area contributed by atoms with Crippen molar-refractivity contribution in [2.75, 3.05) is 13.7 Å². The maximum atomic E-state index is 14.1. The number of likely N-dealkylation sites (N-methyl/N-ethyl adjacent to an activating group) is 1. The number of benzene rings is 1. The van der Waals surface area contributed by atoms with Crippen LogP contribution in [0.3, 0.4) is 0 Å². The minimum atomic E-state index is -4.52. The van der Waals surface area contributed by atoms with Gasteiger partial charge in [0.25, 0.3) is 11.5 Å². The average molecular weight is 477 g/mol. The molecule has 5 rings (SSSR count). The zero-order chi connectivity index (χ0) is 24.4. The first-order valence-corrected chi connectivity index (χ1v) is 10.1. The van der Waals surface area contributed by atoms with Crippen LogP contribution in [-0.4, -0.2) is 33.8 Å². The second-order valence-electron chi connectivity index (χ2n) is 8.08.